The van der Waals surface area contributed by atoms with Crippen molar-refractivity contribution >= 4 is 40.9 Å². The normalized spacial score (nSPS) is 11.5. The van der Waals surface area contributed by atoms with Crippen LogP contribution < -0.4 is 10.1 Å². The number of methoxy groups -OCH3 is 1. The lowest BCUT2D eigenvalue weighted by molar-refractivity contribution is -0.123. The molecule has 0 spiro atoms. The predicted molar refractivity (Wildman–Crippen MR) is 104 cm³/mol. The van der Waals surface area contributed by atoms with E-state index in [4.69, 9.17) is 21.1 Å². The van der Waals surface area contributed by atoms with E-state index in [1.807, 2.05) is 19.1 Å². The molecular formula is C19H20ClNO4S. The van der Waals surface area contributed by atoms with Gasteiger partial charge in [0.05, 0.1) is 17.7 Å². The number of ether oxygens (including phenoxy) is 2. The van der Waals surface area contributed by atoms with Crippen molar-refractivity contribution < 1.29 is 19.1 Å². The number of anilines is 1. The summed E-state index contributed by atoms with van der Waals surface area (Å²) in [5.74, 6) is 0.366. The zero-order chi connectivity index (χ0) is 19.1. The van der Waals surface area contributed by atoms with Gasteiger partial charge in [-0.3, -0.25) is 4.79 Å². The summed E-state index contributed by atoms with van der Waals surface area (Å²) in [6.45, 7) is 3.52. The Labute approximate surface area is 162 Å². The van der Waals surface area contributed by atoms with Crippen molar-refractivity contribution in [3.05, 3.63) is 53.1 Å². The minimum Gasteiger partial charge on any atom is -0.495 e. The highest BCUT2D eigenvalue weighted by atomic mass is 35.5. The van der Waals surface area contributed by atoms with Gasteiger partial charge in [-0.2, -0.15) is 0 Å². The zero-order valence-corrected chi connectivity index (χ0v) is 16.3. The van der Waals surface area contributed by atoms with E-state index in [2.05, 4.69) is 5.32 Å². The fourth-order valence-corrected chi connectivity index (χ4v) is 3.23. The van der Waals surface area contributed by atoms with E-state index < -0.39 is 18.0 Å². The number of hydrogen-bond acceptors (Lipinski definition) is 5. The van der Waals surface area contributed by atoms with Crippen LogP contribution in [0.15, 0.2) is 47.4 Å². The molecule has 0 aliphatic heterocycles. The summed E-state index contributed by atoms with van der Waals surface area (Å²) in [5, 5.41) is 3.04. The highest BCUT2D eigenvalue weighted by molar-refractivity contribution is 7.99. The zero-order valence-electron chi connectivity index (χ0n) is 14.7. The topological polar surface area (TPSA) is 64.6 Å². The summed E-state index contributed by atoms with van der Waals surface area (Å²) in [7, 11) is 1.51. The lowest BCUT2D eigenvalue weighted by Crippen LogP contribution is -2.30. The second kappa shape index (κ2) is 9.50. The third-order valence-electron chi connectivity index (χ3n) is 3.48. The summed E-state index contributed by atoms with van der Waals surface area (Å²) >= 11 is 7.59. The number of carbonyl (C=O) groups is 2. The van der Waals surface area contributed by atoms with Gasteiger partial charge in [-0.05, 0) is 43.0 Å². The van der Waals surface area contributed by atoms with E-state index >= 15 is 0 Å². The Hall–Kier alpha value is -2.18. The van der Waals surface area contributed by atoms with Crippen LogP contribution in [-0.4, -0.2) is 30.8 Å². The van der Waals surface area contributed by atoms with E-state index in [0.717, 1.165) is 10.6 Å². The number of benzene rings is 2. The third-order valence-corrected chi connectivity index (χ3v) is 4.73. The number of carbonyl (C=O) groups excluding carboxylic acids is 2. The molecule has 7 heteroatoms. The van der Waals surface area contributed by atoms with Gasteiger partial charge in [-0.25, -0.2) is 4.79 Å². The molecule has 5 nitrogen and oxygen atoms in total. The van der Waals surface area contributed by atoms with Crippen LogP contribution in [0.1, 0.15) is 24.2 Å². The molecule has 0 unspecified atom stereocenters. The molecular weight excluding hydrogens is 374 g/mol. The number of halogens is 1. The highest BCUT2D eigenvalue weighted by Gasteiger charge is 2.21. The molecule has 0 aliphatic carbocycles. The minimum absolute atomic E-state index is 0.375. The Kier molecular flexibility index (Phi) is 7.36. The fourth-order valence-electron chi connectivity index (χ4n) is 2.18. The molecule has 0 aromatic heterocycles. The van der Waals surface area contributed by atoms with Crippen LogP contribution in [0.25, 0.3) is 0 Å². The number of hydrogen-bond donors (Lipinski definition) is 1. The molecule has 138 valence electrons. The van der Waals surface area contributed by atoms with Crippen molar-refractivity contribution in [1.82, 2.24) is 0 Å². The molecule has 2 rings (SSSR count). The van der Waals surface area contributed by atoms with Crippen LogP contribution in [0.5, 0.6) is 5.75 Å². The van der Waals surface area contributed by atoms with E-state index in [-0.39, 0.29) is 0 Å². The molecule has 1 amide bonds. The number of amides is 1. The van der Waals surface area contributed by atoms with Gasteiger partial charge in [0.15, 0.2) is 6.10 Å². The Morgan fingerprint density at radius 2 is 1.96 bits per heavy atom. The molecule has 26 heavy (non-hydrogen) atoms. The van der Waals surface area contributed by atoms with Crippen LogP contribution in [0.4, 0.5) is 5.69 Å². The van der Waals surface area contributed by atoms with Crippen molar-refractivity contribution in [2.24, 2.45) is 0 Å². The Balaban J connectivity index is 2.02. The van der Waals surface area contributed by atoms with E-state index in [9.17, 15) is 9.59 Å². The van der Waals surface area contributed by atoms with Crippen LogP contribution in [0, 0.1) is 0 Å². The Bertz CT molecular complexity index is 797. The first-order valence-corrected chi connectivity index (χ1v) is 9.39. The Morgan fingerprint density at radius 1 is 1.23 bits per heavy atom. The molecule has 2 aromatic carbocycles. The second-order valence-electron chi connectivity index (χ2n) is 5.32. The van der Waals surface area contributed by atoms with Crippen molar-refractivity contribution in [1.29, 1.82) is 0 Å². The van der Waals surface area contributed by atoms with E-state index in [0.29, 0.717) is 22.0 Å². The number of rotatable bonds is 7. The lowest BCUT2D eigenvalue weighted by atomic mass is 10.2. The second-order valence-corrected chi connectivity index (χ2v) is 7.03. The minimum atomic E-state index is -0.956. The smallest absolute Gasteiger partial charge is 0.340 e. The molecule has 0 aliphatic rings. The molecule has 1 N–H and O–H groups in total. The molecule has 0 saturated carbocycles. The van der Waals surface area contributed by atoms with Crippen molar-refractivity contribution in [3.63, 3.8) is 0 Å². The lowest BCUT2D eigenvalue weighted by Gasteiger charge is -2.15. The summed E-state index contributed by atoms with van der Waals surface area (Å²) in [5.41, 5.74) is 0.942. The van der Waals surface area contributed by atoms with Crippen LogP contribution in [0.3, 0.4) is 0 Å². The number of nitrogens with one attached hydrogen (secondary N) is 1. The van der Waals surface area contributed by atoms with Gasteiger partial charge in [0.1, 0.15) is 5.75 Å². The molecule has 0 radical (unpaired) electrons. The third kappa shape index (κ3) is 5.16. The van der Waals surface area contributed by atoms with Gasteiger partial charge in [0, 0.05) is 10.6 Å². The highest BCUT2D eigenvalue weighted by Crippen LogP contribution is 2.27. The van der Waals surface area contributed by atoms with E-state index in [1.54, 1.807) is 42.1 Å². The van der Waals surface area contributed by atoms with Crippen LogP contribution in [0.2, 0.25) is 5.02 Å². The van der Waals surface area contributed by atoms with Crippen molar-refractivity contribution in [3.8, 4) is 5.75 Å². The first-order chi connectivity index (χ1) is 12.5. The fraction of sp³-hybridized carbons (Fsp3) is 0.263. The maximum atomic E-state index is 12.4. The first-order valence-electron chi connectivity index (χ1n) is 8.03. The summed E-state index contributed by atoms with van der Waals surface area (Å²) in [6, 6.07) is 12.0. The van der Waals surface area contributed by atoms with Gasteiger partial charge >= 0.3 is 5.97 Å². The van der Waals surface area contributed by atoms with Gasteiger partial charge in [-0.1, -0.05) is 30.7 Å². The van der Waals surface area contributed by atoms with Crippen molar-refractivity contribution in [2.75, 3.05) is 18.2 Å². The van der Waals surface area contributed by atoms with Gasteiger partial charge in [0.25, 0.3) is 5.91 Å². The molecule has 0 bridgehead atoms. The molecule has 1 atom stereocenters. The molecule has 2 aromatic rings. The largest absolute Gasteiger partial charge is 0.495 e. The summed E-state index contributed by atoms with van der Waals surface area (Å²) in [6.07, 6.45) is -0.956. The van der Waals surface area contributed by atoms with Gasteiger partial charge < -0.3 is 14.8 Å². The van der Waals surface area contributed by atoms with E-state index in [1.165, 1.54) is 14.0 Å². The standard InChI is InChI=1S/C19H20ClNO4S/c1-4-26-17-8-6-5-7-14(17)19(23)25-12(2)18(22)21-13-9-10-16(24-3)15(20)11-13/h5-12H,4H2,1-3H3,(H,21,22)/t12-/m1/s1. The monoisotopic (exact) mass is 393 g/mol. The summed E-state index contributed by atoms with van der Waals surface area (Å²) < 4.78 is 10.4. The van der Waals surface area contributed by atoms with Gasteiger partial charge in [-0.15, -0.1) is 11.8 Å². The van der Waals surface area contributed by atoms with Crippen LogP contribution in [-0.2, 0) is 9.53 Å². The van der Waals surface area contributed by atoms with Gasteiger partial charge in [0.2, 0.25) is 0 Å². The SMILES string of the molecule is CCSc1ccccc1C(=O)O[C@H](C)C(=O)Nc1ccc(OC)c(Cl)c1. The number of esters is 1. The maximum absolute atomic E-state index is 12.4. The molecule has 0 saturated heterocycles. The van der Waals surface area contributed by atoms with Crippen molar-refractivity contribution in [2.45, 2.75) is 24.8 Å². The quantitative estimate of drug-likeness (QED) is 0.548. The molecule has 0 heterocycles. The number of thioether (sulfide) groups is 1. The first kappa shape index (κ1) is 20.1. The predicted octanol–water partition coefficient (Wildman–Crippen LogP) is 4.64. The van der Waals surface area contributed by atoms with Crippen LogP contribution >= 0.6 is 23.4 Å². The molecule has 0 fully saturated rings. The average Bonchev–Trinajstić information content (AvgIpc) is 2.62. The summed E-state index contributed by atoms with van der Waals surface area (Å²) in [4.78, 5) is 25.5. The average molecular weight is 394 g/mol. The maximum Gasteiger partial charge on any atom is 0.340 e. The Morgan fingerprint density at radius 3 is 2.62 bits per heavy atom.